The molecule has 2 bridgehead atoms. The number of fused-ring (bicyclic) bond motifs is 6. The Morgan fingerprint density at radius 3 is 2.21 bits per heavy atom. The van der Waals surface area contributed by atoms with Crippen molar-refractivity contribution in [2.75, 3.05) is 14.2 Å². The van der Waals surface area contributed by atoms with Gasteiger partial charge in [0.15, 0.2) is 23.0 Å². The zero-order valence-corrected chi connectivity index (χ0v) is 16.0. The SMILES string of the molecule is COc1cc2c(c(O)c1O)C1(C)Oc3c(O)c(OC)cc(CO)c3C(C)(C2)O1. The number of phenols is 3. The number of aromatic hydroxyl groups is 3. The fourth-order valence-electron chi connectivity index (χ4n) is 4.41. The molecule has 8 heteroatoms. The predicted octanol–water partition coefficient (Wildman–Crippen LogP) is 2.37. The number of aliphatic hydroxyl groups excluding tert-OH is 1. The van der Waals surface area contributed by atoms with Crippen LogP contribution in [0.5, 0.6) is 34.5 Å². The standard InChI is InChI=1S/C20H22O8/c1-19-7-9-5-11(25-3)15(22)17(24)13(9)20(2,28-19)27-18-14(19)10(8-21)6-12(26-4)16(18)23/h5-6,21-24H,7-8H2,1-4H3. The summed E-state index contributed by atoms with van der Waals surface area (Å²) in [5.41, 5.74) is 0.927. The molecule has 28 heavy (non-hydrogen) atoms. The number of rotatable bonds is 3. The molecule has 2 unspecified atom stereocenters. The van der Waals surface area contributed by atoms with Crippen LogP contribution in [0.1, 0.15) is 36.1 Å². The van der Waals surface area contributed by atoms with Crippen LogP contribution in [0.4, 0.5) is 0 Å². The fourth-order valence-corrected chi connectivity index (χ4v) is 4.41. The van der Waals surface area contributed by atoms with E-state index in [1.807, 2.05) is 6.92 Å². The third kappa shape index (κ3) is 2.25. The van der Waals surface area contributed by atoms with Gasteiger partial charge in [-0.05, 0) is 30.2 Å². The number of hydrogen-bond donors (Lipinski definition) is 4. The number of phenolic OH excluding ortho intramolecular Hbond substituents is 3. The van der Waals surface area contributed by atoms with E-state index in [-0.39, 0.29) is 41.6 Å². The first-order chi connectivity index (χ1) is 13.2. The number of hydrogen-bond acceptors (Lipinski definition) is 8. The lowest BCUT2D eigenvalue weighted by atomic mass is 9.77. The van der Waals surface area contributed by atoms with Gasteiger partial charge in [-0.3, -0.25) is 0 Å². The van der Waals surface area contributed by atoms with Crippen molar-refractivity contribution >= 4 is 0 Å². The summed E-state index contributed by atoms with van der Waals surface area (Å²) in [6, 6.07) is 3.17. The van der Waals surface area contributed by atoms with Crippen molar-refractivity contribution in [3.8, 4) is 34.5 Å². The summed E-state index contributed by atoms with van der Waals surface area (Å²) in [5, 5.41) is 41.4. The molecule has 0 aromatic heterocycles. The summed E-state index contributed by atoms with van der Waals surface area (Å²) in [4.78, 5) is 0. The maximum Gasteiger partial charge on any atom is 0.239 e. The first-order valence-corrected chi connectivity index (χ1v) is 8.74. The maximum atomic E-state index is 10.7. The number of ether oxygens (including phenoxy) is 4. The van der Waals surface area contributed by atoms with Crippen molar-refractivity contribution in [3.63, 3.8) is 0 Å². The number of benzene rings is 2. The highest BCUT2D eigenvalue weighted by molar-refractivity contribution is 5.65. The van der Waals surface area contributed by atoms with Crippen LogP contribution >= 0.6 is 0 Å². The molecule has 2 aromatic carbocycles. The van der Waals surface area contributed by atoms with Gasteiger partial charge in [0.05, 0.1) is 26.4 Å². The Bertz CT molecular complexity index is 985. The summed E-state index contributed by atoms with van der Waals surface area (Å²) in [5.74, 6) is -2.17. The van der Waals surface area contributed by atoms with Crippen molar-refractivity contribution in [3.05, 3.63) is 34.4 Å². The van der Waals surface area contributed by atoms with E-state index in [0.717, 1.165) is 0 Å². The topological polar surface area (TPSA) is 118 Å². The monoisotopic (exact) mass is 390 g/mol. The molecule has 0 saturated heterocycles. The van der Waals surface area contributed by atoms with Crippen molar-refractivity contribution < 1.29 is 39.4 Å². The quantitative estimate of drug-likeness (QED) is 0.590. The van der Waals surface area contributed by atoms with Crippen molar-refractivity contribution in [1.82, 2.24) is 0 Å². The lowest BCUT2D eigenvalue weighted by molar-refractivity contribution is -0.277. The molecule has 2 aromatic rings. The second-order valence-corrected chi connectivity index (χ2v) is 7.32. The Balaban J connectivity index is 2.02. The molecule has 0 saturated carbocycles. The van der Waals surface area contributed by atoms with E-state index in [1.54, 1.807) is 19.1 Å². The largest absolute Gasteiger partial charge is 0.504 e. The Morgan fingerprint density at radius 2 is 1.61 bits per heavy atom. The molecule has 0 amide bonds. The van der Waals surface area contributed by atoms with Crippen LogP contribution in [-0.2, 0) is 29.2 Å². The average molecular weight is 390 g/mol. The van der Waals surface area contributed by atoms with Crippen molar-refractivity contribution in [1.29, 1.82) is 0 Å². The molecule has 0 aliphatic carbocycles. The Morgan fingerprint density at radius 1 is 0.964 bits per heavy atom. The van der Waals surface area contributed by atoms with Gasteiger partial charge in [0.1, 0.15) is 5.60 Å². The van der Waals surface area contributed by atoms with E-state index >= 15 is 0 Å². The molecule has 2 aliphatic rings. The molecule has 2 atom stereocenters. The van der Waals surface area contributed by atoms with E-state index in [1.165, 1.54) is 14.2 Å². The summed E-state index contributed by atoms with van der Waals surface area (Å²) in [7, 11) is 2.79. The molecule has 8 nitrogen and oxygen atoms in total. The second-order valence-electron chi connectivity index (χ2n) is 7.32. The molecular weight excluding hydrogens is 368 g/mol. The van der Waals surface area contributed by atoms with Gasteiger partial charge >= 0.3 is 0 Å². The highest BCUT2D eigenvalue weighted by Crippen LogP contribution is 2.60. The van der Waals surface area contributed by atoms with Gasteiger partial charge in [-0.2, -0.15) is 0 Å². The fraction of sp³-hybridized carbons (Fsp3) is 0.400. The minimum atomic E-state index is -1.50. The molecule has 0 spiro atoms. The first-order valence-electron chi connectivity index (χ1n) is 8.74. The molecule has 2 heterocycles. The maximum absolute atomic E-state index is 10.7. The third-order valence-electron chi connectivity index (χ3n) is 5.46. The van der Waals surface area contributed by atoms with Gasteiger partial charge in [0, 0.05) is 18.9 Å². The summed E-state index contributed by atoms with van der Waals surface area (Å²) in [6.45, 7) is 3.10. The molecule has 2 aliphatic heterocycles. The van der Waals surface area contributed by atoms with Gasteiger partial charge in [0.25, 0.3) is 0 Å². The Labute approximate surface area is 161 Å². The van der Waals surface area contributed by atoms with Crippen LogP contribution < -0.4 is 14.2 Å². The van der Waals surface area contributed by atoms with Crippen LogP contribution in [0.15, 0.2) is 12.1 Å². The third-order valence-corrected chi connectivity index (χ3v) is 5.46. The van der Waals surface area contributed by atoms with E-state index < -0.39 is 22.9 Å². The highest BCUT2D eigenvalue weighted by Gasteiger charge is 2.55. The number of methoxy groups -OCH3 is 2. The summed E-state index contributed by atoms with van der Waals surface area (Å²) in [6.07, 6.45) is 0.289. The summed E-state index contributed by atoms with van der Waals surface area (Å²) < 4.78 is 22.6. The number of aliphatic hydroxyl groups is 1. The molecule has 150 valence electrons. The van der Waals surface area contributed by atoms with Crippen LogP contribution in [0.2, 0.25) is 0 Å². The van der Waals surface area contributed by atoms with Gasteiger partial charge < -0.3 is 39.4 Å². The molecule has 4 N–H and O–H groups in total. The minimum absolute atomic E-state index is 0.111. The van der Waals surface area contributed by atoms with E-state index in [2.05, 4.69) is 0 Å². The van der Waals surface area contributed by atoms with E-state index in [9.17, 15) is 20.4 Å². The molecule has 4 rings (SSSR count). The van der Waals surface area contributed by atoms with Crippen molar-refractivity contribution in [2.24, 2.45) is 0 Å². The van der Waals surface area contributed by atoms with Gasteiger partial charge in [-0.15, -0.1) is 0 Å². The second kappa shape index (κ2) is 5.83. The molecule has 0 radical (unpaired) electrons. The Kier molecular flexibility index (Phi) is 3.85. The predicted molar refractivity (Wildman–Crippen MR) is 97.0 cm³/mol. The molecular formula is C20H22O8. The van der Waals surface area contributed by atoms with Gasteiger partial charge in [-0.25, -0.2) is 0 Å². The zero-order valence-electron chi connectivity index (χ0n) is 16.0. The minimum Gasteiger partial charge on any atom is -0.504 e. The highest BCUT2D eigenvalue weighted by atomic mass is 16.7. The van der Waals surface area contributed by atoms with E-state index in [4.69, 9.17) is 18.9 Å². The van der Waals surface area contributed by atoms with Crippen LogP contribution in [0, 0.1) is 0 Å². The van der Waals surface area contributed by atoms with Gasteiger partial charge in [-0.1, -0.05) is 0 Å². The first kappa shape index (κ1) is 18.5. The van der Waals surface area contributed by atoms with E-state index in [0.29, 0.717) is 16.7 Å². The lowest BCUT2D eigenvalue weighted by Gasteiger charge is -2.51. The van der Waals surface area contributed by atoms with Gasteiger partial charge in [0.2, 0.25) is 17.3 Å². The zero-order chi connectivity index (χ0) is 20.4. The average Bonchev–Trinajstić information content (AvgIpc) is 2.64. The van der Waals surface area contributed by atoms with Crippen LogP contribution in [-0.4, -0.2) is 34.6 Å². The van der Waals surface area contributed by atoms with Crippen molar-refractivity contribution in [2.45, 2.75) is 38.3 Å². The van der Waals surface area contributed by atoms with Crippen LogP contribution in [0.25, 0.3) is 0 Å². The lowest BCUT2D eigenvalue weighted by Crippen LogP contribution is -2.51. The molecule has 0 fully saturated rings. The summed E-state index contributed by atoms with van der Waals surface area (Å²) >= 11 is 0. The Hall–Kier alpha value is -2.84. The van der Waals surface area contributed by atoms with Crippen LogP contribution in [0.3, 0.4) is 0 Å². The normalized spacial score (nSPS) is 24.8. The smallest absolute Gasteiger partial charge is 0.239 e.